The van der Waals surface area contributed by atoms with Gasteiger partial charge in [0.1, 0.15) is 4.99 Å². The maximum Gasteiger partial charge on any atom is 0.116 e. The van der Waals surface area contributed by atoms with Gasteiger partial charge >= 0.3 is 0 Å². The van der Waals surface area contributed by atoms with Crippen LogP contribution in [0.5, 0.6) is 0 Å². The average Bonchev–Trinajstić information content (AvgIpc) is 2.56. The van der Waals surface area contributed by atoms with E-state index >= 15 is 0 Å². The quantitative estimate of drug-likeness (QED) is 0.743. The number of aryl methyl sites for hydroxylation is 1. The van der Waals surface area contributed by atoms with Crippen LogP contribution in [0.2, 0.25) is 0 Å². The first-order valence-corrected chi connectivity index (χ1v) is 5.66. The minimum absolute atomic E-state index is 0.837. The van der Waals surface area contributed by atoms with Gasteiger partial charge in [0.25, 0.3) is 0 Å². The lowest BCUT2D eigenvalue weighted by atomic mass is 10.1. The molecular formula is C11H11NS2. The molecule has 1 aromatic heterocycles. The summed E-state index contributed by atoms with van der Waals surface area (Å²) >= 11 is 7.00. The van der Waals surface area contributed by atoms with Gasteiger partial charge in [0, 0.05) is 11.7 Å². The highest BCUT2D eigenvalue weighted by atomic mass is 32.1. The fourth-order valence-electron chi connectivity index (χ4n) is 1.50. The van der Waals surface area contributed by atoms with Crippen molar-refractivity contribution in [3.8, 4) is 0 Å². The molecule has 0 fully saturated rings. The van der Waals surface area contributed by atoms with Gasteiger partial charge in [-0.15, -0.1) is 11.3 Å². The Kier molecular flexibility index (Phi) is 2.52. The van der Waals surface area contributed by atoms with Crippen molar-refractivity contribution >= 4 is 38.6 Å². The first-order chi connectivity index (χ1) is 6.74. The lowest BCUT2D eigenvalue weighted by Crippen LogP contribution is -2.15. The summed E-state index contributed by atoms with van der Waals surface area (Å²) in [6.07, 6.45) is 0. The van der Waals surface area contributed by atoms with Crippen LogP contribution in [0, 0.1) is 6.92 Å². The molecule has 0 aliphatic heterocycles. The topological polar surface area (TPSA) is 12.0 Å². The Morgan fingerprint density at radius 2 is 2.07 bits per heavy atom. The number of hydrogen-bond acceptors (Lipinski definition) is 2. The summed E-state index contributed by atoms with van der Waals surface area (Å²) in [5, 5.41) is 4.34. The minimum atomic E-state index is 0.837. The fraction of sp³-hybridized carbons (Fsp3) is 0.182. The molecule has 0 spiro atoms. The van der Waals surface area contributed by atoms with Gasteiger partial charge in [-0.1, -0.05) is 30.4 Å². The van der Waals surface area contributed by atoms with Gasteiger partial charge in [-0.2, -0.15) is 0 Å². The van der Waals surface area contributed by atoms with E-state index in [-0.39, 0.29) is 0 Å². The average molecular weight is 221 g/mol. The molecule has 0 atom stereocenters. The van der Waals surface area contributed by atoms with Gasteiger partial charge in [-0.3, -0.25) is 0 Å². The normalized spacial score (nSPS) is 10.4. The molecule has 1 N–H and O–H groups in total. The standard InChI is InChI=1S/C11H11NS2/c1-7-8-5-3-4-6-9(8)14-10(7)11(13)12-2/h3-6H,1-2H3,(H,12,13). The first kappa shape index (κ1) is 9.62. The van der Waals surface area contributed by atoms with E-state index in [1.807, 2.05) is 7.05 Å². The molecule has 1 nitrogen and oxygen atoms in total. The van der Waals surface area contributed by atoms with Crippen LogP contribution in [0.15, 0.2) is 24.3 Å². The van der Waals surface area contributed by atoms with E-state index in [1.54, 1.807) is 11.3 Å². The number of thiophene rings is 1. The molecule has 0 saturated heterocycles. The van der Waals surface area contributed by atoms with Crippen molar-refractivity contribution in [1.29, 1.82) is 0 Å². The molecule has 72 valence electrons. The molecule has 2 aromatic rings. The molecule has 1 aromatic carbocycles. The Bertz CT molecular complexity index is 485. The van der Waals surface area contributed by atoms with Gasteiger partial charge in [0.05, 0.1) is 4.88 Å². The van der Waals surface area contributed by atoms with E-state index in [2.05, 4.69) is 36.5 Å². The second-order valence-corrected chi connectivity index (χ2v) is 4.59. The number of rotatable bonds is 1. The summed E-state index contributed by atoms with van der Waals surface area (Å²) in [6.45, 7) is 2.12. The van der Waals surface area contributed by atoms with Crippen LogP contribution in [-0.2, 0) is 0 Å². The summed E-state index contributed by atoms with van der Waals surface area (Å²) in [5.41, 5.74) is 1.28. The molecule has 0 saturated carbocycles. The highest BCUT2D eigenvalue weighted by molar-refractivity contribution is 7.81. The van der Waals surface area contributed by atoms with Crippen molar-refractivity contribution in [3.05, 3.63) is 34.7 Å². The van der Waals surface area contributed by atoms with Gasteiger partial charge in [-0.25, -0.2) is 0 Å². The number of nitrogens with one attached hydrogen (secondary N) is 1. The second kappa shape index (κ2) is 3.67. The van der Waals surface area contributed by atoms with Crippen LogP contribution in [-0.4, -0.2) is 12.0 Å². The molecule has 3 heteroatoms. The van der Waals surface area contributed by atoms with Gasteiger partial charge < -0.3 is 5.32 Å². The van der Waals surface area contributed by atoms with Gasteiger partial charge in [0.15, 0.2) is 0 Å². The Labute approximate surface area is 92.8 Å². The smallest absolute Gasteiger partial charge is 0.116 e. The molecule has 1 heterocycles. The Morgan fingerprint density at radius 3 is 2.71 bits per heavy atom. The van der Waals surface area contributed by atoms with Crippen molar-refractivity contribution in [2.45, 2.75) is 6.92 Å². The molecule has 0 bridgehead atoms. The summed E-state index contributed by atoms with van der Waals surface area (Å²) in [4.78, 5) is 2.02. The van der Waals surface area contributed by atoms with Crippen molar-refractivity contribution < 1.29 is 0 Å². The Hall–Kier alpha value is -0.930. The third-order valence-electron chi connectivity index (χ3n) is 2.28. The molecule has 2 rings (SSSR count). The van der Waals surface area contributed by atoms with E-state index in [4.69, 9.17) is 12.2 Å². The van der Waals surface area contributed by atoms with Crippen molar-refractivity contribution in [2.24, 2.45) is 0 Å². The van der Waals surface area contributed by atoms with Crippen LogP contribution in [0.1, 0.15) is 10.4 Å². The highest BCUT2D eigenvalue weighted by Crippen LogP contribution is 2.30. The maximum atomic E-state index is 5.25. The van der Waals surface area contributed by atoms with Crippen molar-refractivity contribution in [1.82, 2.24) is 5.32 Å². The highest BCUT2D eigenvalue weighted by Gasteiger charge is 2.10. The Morgan fingerprint density at radius 1 is 1.36 bits per heavy atom. The molecule has 14 heavy (non-hydrogen) atoms. The van der Waals surface area contributed by atoms with Crippen LogP contribution >= 0.6 is 23.6 Å². The van der Waals surface area contributed by atoms with E-state index in [0.29, 0.717) is 0 Å². The number of hydrogen-bond donors (Lipinski definition) is 1. The Balaban J connectivity index is 2.68. The molecule has 0 radical (unpaired) electrons. The number of fused-ring (bicyclic) bond motifs is 1. The zero-order valence-corrected chi connectivity index (χ0v) is 9.76. The maximum absolute atomic E-state index is 5.25. The first-order valence-electron chi connectivity index (χ1n) is 4.44. The van der Waals surface area contributed by atoms with Crippen LogP contribution in [0.4, 0.5) is 0 Å². The predicted octanol–water partition coefficient (Wildman–Crippen LogP) is 3.10. The van der Waals surface area contributed by atoms with Crippen LogP contribution < -0.4 is 5.32 Å². The van der Waals surface area contributed by atoms with E-state index < -0.39 is 0 Å². The van der Waals surface area contributed by atoms with E-state index in [1.165, 1.54) is 20.5 Å². The largest absolute Gasteiger partial charge is 0.378 e. The van der Waals surface area contributed by atoms with Crippen LogP contribution in [0.25, 0.3) is 10.1 Å². The predicted molar refractivity (Wildman–Crippen MR) is 67.3 cm³/mol. The minimum Gasteiger partial charge on any atom is -0.378 e. The molecule has 0 aliphatic carbocycles. The second-order valence-electron chi connectivity index (χ2n) is 3.13. The SMILES string of the molecule is CNC(=S)c1sc2ccccc2c1C. The summed E-state index contributed by atoms with van der Waals surface area (Å²) < 4.78 is 1.30. The summed E-state index contributed by atoms with van der Waals surface area (Å²) in [6, 6.07) is 8.40. The molecule has 0 unspecified atom stereocenters. The lowest BCUT2D eigenvalue weighted by molar-refractivity contribution is 1.21. The van der Waals surface area contributed by atoms with Crippen LogP contribution in [0.3, 0.4) is 0 Å². The van der Waals surface area contributed by atoms with E-state index in [9.17, 15) is 0 Å². The molecule has 0 amide bonds. The van der Waals surface area contributed by atoms with E-state index in [0.717, 1.165) is 4.99 Å². The van der Waals surface area contributed by atoms with Crippen molar-refractivity contribution in [2.75, 3.05) is 7.05 Å². The monoisotopic (exact) mass is 221 g/mol. The van der Waals surface area contributed by atoms with Gasteiger partial charge in [0.2, 0.25) is 0 Å². The number of benzene rings is 1. The third kappa shape index (κ3) is 1.42. The molecule has 0 aliphatic rings. The number of thiocarbonyl (C=S) groups is 1. The van der Waals surface area contributed by atoms with Gasteiger partial charge in [-0.05, 0) is 23.9 Å². The molecular weight excluding hydrogens is 210 g/mol. The van der Waals surface area contributed by atoms with Crippen molar-refractivity contribution in [3.63, 3.8) is 0 Å². The lowest BCUT2D eigenvalue weighted by Gasteiger charge is -1.99. The third-order valence-corrected chi connectivity index (χ3v) is 4.10. The fourth-order valence-corrected chi connectivity index (χ4v) is 2.94. The summed E-state index contributed by atoms with van der Waals surface area (Å²) in [7, 11) is 1.87. The zero-order chi connectivity index (χ0) is 10.1. The summed E-state index contributed by atoms with van der Waals surface area (Å²) in [5.74, 6) is 0. The zero-order valence-electron chi connectivity index (χ0n) is 8.13.